The number of aromatic nitrogens is 3. The van der Waals surface area contributed by atoms with Gasteiger partial charge in [0.05, 0.1) is 13.2 Å². The lowest BCUT2D eigenvalue weighted by Crippen LogP contribution is -2.14. The molecule has 0 amide bonds. The molecular formula is C17H20N8O6S. The van der Waals surface area contributed by atoms with Crippen molar-refractivity contribution >= 4 is 50.1 Å². The van der Waals surface area contributed by atoms with Crippen molar-refractivity contribution in [2.24, 2.45) is 5.11 Å². The topological polar surface area (TPSA) is 226 Å². The minimum absolute atomic E-state index is 0.0947. The summed E-state index contributed by atoms with van der Waals surface area (Å²) in [6, 6.07) is 5.57. The van der Waals surface area contributed by atoms with E-state index in [9.17, 15) is 18.1 Å². The minimum Gasteiger partial charge on any atom is -0.505 e. The molecule has 14 nitrogen and oxygen atoms in total. The molecule has 3 aromatic rings. The average Bonchev–Trinajstić information content (AvgIpc) is 2.75. The van der Waals surface area contributed by atoms with Crippen LogP contribution >= 0.6 is 0 Å². The second-order valence-electron chi connectivity index (χ2n) is 6.33. The highest BCUT2D eigenvalue weighted by Gasteiger charge is 2.22. The molecule has 2 aromatic carbocycles. The summed E-state index contributed by atoms with van der Waals surface area (Å²) < 4.78 is 32.7. The van der Waals surface area contributed by atoms with Crippen LogP contribution in [0.4, 0.5) is 29.2 Å². The second kappa shape index (κ2) is 9.65. The average molecular weight is 464 g/mol. The molecule has 0 aliphatic heterocycles. The largest absolute Gasteiger partial charge is 0.505 e. The van der Waals surface area contributed by atoms with Gasteiger partial charge in [-0.25, -0.2) is 5.53 Å². The summed E-state index contributed by atoms with van der Waals surface area (Å²) in [6.07, 6.45) is 0. The Labute approximate surface area is 181 Å². The van der Waals surface area contributed by atoms with Crippen molar-refractivity contribution in [2.75, 3.05) is 42.3 Å². The Balaban J connectivity index is 2.02. The van der Waals surface area contributed by atoms with E-state index in [-0.39, 0.29) is 54.9 Å². The molecule has 170 valence electrons. The number of rotatable bonds is 10. The predicted octanol–water partition coefficient (Wildman–Crippen LogP) is 1.19. The highest BCUT2D eigenvalue weighted by Crippen LogP contribution is 2.41. The molecule has 0 saturated carbocycles. The fraction of sp³-hybridized carbons (Fsp3) is 0.235. The molecule has 0 aliphatic carbocycles. The normalized spacial score (nSPS) is 11.3. The fourth-order valence-electron chi connectivity index (χ4n) is 2.79. The van der Waals surface area contributed by atoms with Crippen LogP contribution in [0, 0.1) is 5.53 Å². The van der Waals surface area contributed by atoms with Gasteiger partial charge in [0.15, 0.2) is 5.75 Å². The zero-order valence-corrected chi connectivity index (χ0v) is 17.3. The van der Waals surface area contributed by atoms with Crippen molar-refractivity contribution in [1.82, 2.24) is 15.0 Å². The molecule has 0 atom stereocenters. The van der Waals surface area contributed by atoms with E-state index in [4.69, 9.17) is 15.7 Å². The Kier molecular flexibility index (Phi) is 6.94. The summed E-state index contributed by atoms with van der Waals surface area (Å²) in [5.74, 6) is -0.156. The van der Waals surface area contributed by atoms with Crippen LogP contribution in [0.5, 0.6) is 5.75 Å². The van der Waals surface area contributed by atoms with Gasteiger partial charge in [-0.3, -0.25) is 4.55 Å². The first kappa shape index (κ1) is 23.0. The molecule has 1 heterocycles. The van der Waals surface area contributed by atoms with Gasteiger partial charge in [0.2, 0.25) is 17.8 Å². The van der Waals surface area contributed by atoms with Crippen molar-refractivity contribution in [3.8, 4) is 5.75 Å². The smallest absolute Gasteiger partial charge is 0.296 e. The van der Waals surface area contributed by atoms with Crippen molar-refractivity contribution < 1.29 is 28.3 Å². The number of hydrogen-bond acceptors (Lipinski definition) is 13. The Hall–Kier alpha value is -3.66. The SMILES string of the molecule is N=Nc1c(S(=O)(=O)O)cc2cc(Nc3nc(NCCO)nc(NCCO)n3)ccc2c1O. The summed E-state index contributed by atoms with van der Waals surface area (Å²) >= 11 is 0. The third kappa shape index (κ3) is 5.14. The molecule has 0 bridgehead atoms. The maximum Gasteiger partial charge on any atom is 0.296 e. The van der Waals surface area contributed by atoms with Crippen LogP contribution in [0.15, 0.2) is 34.3 Å². The quantitative estimate of drug-likeness (QED) is 0.156. The summed E-state index contributed by atoms with van der Waals surface area (Å²) in [6.45, 7) is 0.0926. The Bertz CT molecular complexity index is 1230. The molecule has 3 rings (SSSR count). The summed E-state index contributed by atoms with van der Waals surface area (Å²) in [5.41, 5.74) is 6.95. The van der Waals surface area contributed by atoms with E-state index in [1.165, 1.54) is 12.1 Å². The number of phenolic OH excluding ortho intramolecular Hbond substituents is 1. The lowest BCUT2D eigenvalue weighted by molar-refractivity contribution is 0.310. The van der Waals surface area contributed by atoms with Crippen LogP contribution in [0.3, 0.4) is 0 Å². The molecule has 0 radical (unpaired) electrons. The number of nitrogens with one attached hydrogen (secondary N) is 4. The first-order valence-electron chi connectivity index (χ1n) is 9.14. The van der Waals surface area contributed by atoms with E-state index in [1.807, 2.05) is 0 Å². The summed E-state index contributed by atoms with van der Waals surface area (Å²) in [5, 5.41) is 40.3. The second-order valence-corrected chi connectivity index (χ2v) is 7.72. The van der Waals surface area contributed by atoms with Gasteiger partial charge in [-0.05, 0) is 29.7 Å². The van der Waals surface area contributed by atoms with Crippen molar-refractivity contribution in [2.45, 2.75) is 4.90 Å². The van der Waals surface area contributed by atoms with Gasteiger partial charge < -0.3 is 31.3 Å². The van der Waals surface area contributed by atoms with Gasteiger partial charge in [0, 0.05) is 24.2 Å². The first-order chi connectivity index (χ1) is 15.3. The maximum atomic E-state index is 11.6. The maximum absolute atomic E-state index is 11.6. The number of fused-ring (bicyclic) bond motifs is 1. The third-order valence-electron chi connectivity index (χ3n) is 4.12. The third-order valence-corrected chi connectivity index (χ3v) is 4.99. The number of phenols is 1. The molecular weight excluding hydrogens is 444 g/mol. The minimum atomic E-state index is -4.74. The fourth-order valence-corrected chi connectivity index (χ4v) is 3.45. The van der Waals surface area contributed by atoms with Crippen LogP contribution in [0.1, 0.15) is 0 Å². The molecule has 32 heavy (non-hydrogen) atoms. The molecule has 8 N–H and O–H groups in total. The molecule has 1 aromatic heterocycles. The van der Waals surface area contributed by atoms with Crippen molar-refractivity contribution in [1.29, 1.82) is 5.53 Å². The first-order valence-corrected chi connectivity index (χ1v) is 10.6. The standard InChI is InChI=1S/C17H20N8O6S/c18-25-13-12(32(29,30)31)8-9-7-10(1-2-11(9)14(13)28)21-17-23-15(19-3-5-26)22-16(24-17)20-4-6-27/h1-2,7-8,18,26-28H,3-6H2,(H,29,30,31)(H3,19,20,21,22,23,24). The Morgan fingerprint density at radius 3 is 2.09 bits per heavy atom. The van der Waals surface area contributed by atoms with Crippen molar-refractivity contribution in [3.05, 3.63) is 24.3 Å². The monoisotopic (exact) mass is 464 g/mol. The van der Waals surface area contributed by atoms with Crippen molar-refractivity contribution in [3.63, 3.8) is 0 Å². The van der Waals surface area contributed by atoms with Gasteiger partial charge >= 0.3 is 0 Å². The zero-order chi connectivity index (χ0) is 23.3. The molecule has 0 aliphatic rings. The molecule has 0 spiro atoms. The molecule has 0 saturated heterocycles. The Morgan fingerprint density at radius 2 is 1.56 bits per heavy atom. The van der Waals surface area contributed by atoms with E-state index >= 15 is 0 Å². The number of aliphatic hydroxyl groups excluding tert-OH is 2. The lowest BCUT2D eigenvalue weighted by Gasteiger charge is -2.12. The number of aromatic hydroxyl groups is 1. The zero-order valence-electron chi connectivity index (χ0n) is 16.4. The summed E-state index contributed by atoms with van der Waals surface area (Å²) in [7, 11) is -4.74. The van der Waals surface area contributed by atoms with Crippen LogP contribution in [-0.2, 0) is 10.1 Å². The van der Waals surface area contributed by atoms with E-state index in [1.54, 1.807) is 6.07 Å². The number of hydrogen-bond donors (Lipinski definition) is 8. The lowest BCUT2D eigenvalue weighted by atomic mass is 10.1. The molecule has 0 unspecified atom stereocenters. The highest BCUT2D eigenvalue weighted by molar-refractivity contribution is 7.86. The van der Waals surface area contributed by atoms with Gasteiger partial charge in [-0.2, -0.15) is 28.5 Å². The van der Waals surface area contributed by atoms with Crippen LogP contribution in [0.2, 0.25) is 0 Å². The number of anilines is 4. The predicted molar refractivity (Wildman–Crippen MR) is 114 cm³/mol. The number of benzene rings is 2. The molecule has 0 fully saturated rings. The summed E-state index contributed by atoms with van der Waals surface area (Å²) in [4.78, 5) is 11.7. The van der Waals surface area contributed by atoms with Gasteiger partial charge in [0.1, 0.15) is 10.6 Å². The van der Waals surface area contributed by atoms with Gasteiger partial charge in [-0.1, -0.05) is 0 Å². The van der Waals surface area contributed by atoms with E-state index in [0.29, 0.717) is 5.69 Å². The van der Waals surface area contributed by atoms with Gasteiger partial charge in [-0.15, -0.1) is 0 Å². The Morgan fingerprint density at radius 1 is 0.969 bits per heavy atom. The van der Waals surface area contributed by atoms with Crippen LogP contribution in [0.25, 0.3) is 10.8 Å². The number of nitrogens with zero attached hydrogens (tertiary/aromatic N) is 4. The van der Waals surface area contributed by atoms with Crippen LogP contribution < -0.4 is 16.0 Å². The van der Waals surface area contributed by atoms with Gasteiger partial charge in [0.25, 0.3) is 10.1 Å². The molecule has 15 heteroatoms. The van der Waals surface area contributed by atoms with E-state index < -0.39 is 26.5 Å². The van der Waals surface area contributed by atoms with E-state index in [2.05, 4.69) is 36.0 Å². The van der Waals surface area contributed by atoms with E-state index in [0.717, 1.165) is 6.07 Å². The van der Waals surface area contributed by atoms with Crippen LogP contribution in [-0.4, -0.2) is 69.5 Å². The highest BCUT2D eigenvalue weighted by atomic mass is 32.2. The number of aliphatic hydroxyl groups is 2.